The predicted octanol–water partition coefficient (Wildman–Crippen LogP) is 4.37. The number of hydrogen-bond donors (Lipinski definition) is 1. The van der Waals surface area contributed by atoms with E-state index < -0.39 is 0 Å². The van der Waals surface area contributed by atoms with E-state index in [0.29, 0.717) is 5.13 Å². The highest BCUT2D eigenvalue weighted by molar-refractivity contribution is 7.22. The van der Waals surface area contributed by atoms with Crippen molar-refractivity contribution in [3.8, 4) is 11.3 Å². The fraction of sp³-hybridized carbons (Fsp3) is 0.238. The van der Waals surface area contributed by atoms with Crippen LogP contribution >= 0.6 is 11.3 Å². The molecule has 4 rings (SSSR count). The normalized spacial score (nSPS) is 14.9. The molecule has 1 aliphatic rings. The second-order valence-electron chi connectivity index (χ2n) is 6.43. The molecule has 138 valence electrons. The topological polar surface area (TPSA) is 64.3 Å². The minimum Gasteiger partial charge on any atom is -0.378 e. The minimum atomic E-state index is 0.560. The fourth-order valence-electron chi connectivity index (χ4n) is 3.26. The monoisotopic (exact) mass is 378 g/mol. The van der Waals surface area contributed by atoms with Crippen LogP contribution in [0.5, 0.6) is 0 Å². The van der Waals surface area contributed by atoms with Gasteiger partial charge in [0.15, 0.2) is 5.13 Å². The van der Waals surface area contributed by atoms with Gasteiger partial charge in [-0.1, -0.05) is 36.1 Å². The van der Waals surface area contributed by atoms with Crippen molar-refractivity contribution >= 4 is 38.1 Å². The first kappa shape index (κ1) is 17.7. The summed E-state index contributed by atoms with van der Waals surface area (Å²) in [4.78, 5) is 11.7. The van der Waals surface area contributed by atoms with Crippen LogP contribution in [0.4, 0.5) is 10.9 Å². The Hall–Kier alpha value is -2.70. The Bertz CT molecular complexity index is 1020. The van der Waals surface area contributed by atoms with Gasteiger partial charge in [0.05, 0.1) is 29.1 Å². The number of nitrogens with zero attached hydrogens (tertiary/aromatic N) is 3. The van der Waals surface area contributed by atoms with Gasteiger partial charge in [0, 0.05) is 18.7 Å². The summed E-state index contributed by atoms with van der Waals surface area (Å²) in [7, 11) is 0. The molecular formula is C21H22N4OS. The van der Waals surface area contributed by atoms with Crippen LogP contribution in [0.1, 0.15) is 12.5 Å². The Kier molecular flexibility index (Phi) is 4.92. The second kappa shape index (κ2) is 7.50. The number of anilines is 2. The van der Waals surface area contributed by atoms with E-state index in [4.69, 9.17) is 15.5 Å². The lowest BCUT2D eigenvalue weighted by Crippen LogP contribution is -2.36. The van der Waals surface area contributed by atoms with Crippen LogP contribution < -0.4 is 10.6 Å². The number of ether oxygens (including phenoxy) is 1. The number of rotatable bonds is 4. The van der Waals surface area contributed by atoms with Gasteiger partial charge in [0.25, 0.3) is 0 Å². The summed E-state index contributed by atoms with van der Waals surface area (Å²) in [6.45, 7) is 9.34. The second-order valence-corrected chi connectivity index (χ2v) is 7.46. The van der Waals surface area contributed by atoms with Gasteiger partial charge >= 0.3 is 0 Å². The van der Waals surface area contributed by atoms with E-state index in [-0.39, 0.29) is 0 Å². The number of benzene rings is 1. The number of allylic oxidation sites excluding steroid dienone is 3. The van der Waals surface area contributed by atoms with Gasteiger partial charge in [-0.15, -0.1) is 0 Å². The Balaban J connectivity index is 1.83. The van der Waals surface area contributed by atoms with Crippen molar-refractivity contribution in [1.29, 1.82) is 0 Å². The number of fused-ring (bicyclic) bond motifs is 1. The summed E-state index contributed by atoms with van der Waals surface area (Å²) in [5.41, 5.74) is 10.8. The Labute approximate surface area is 162 Å². The smallest absolute Gasteiger partial charge is 0.181 e. The molecule has 1 fully saturated rings. The molecule has 0 bridgehead atoms. The first-order chi connectivity index (χ1) is 13.2. The molecule has 2 N–H and O–H groups in total. The molecule has 0 aliphatic carbocycles. The van der Waals surface area contributed by atoms with Crippen LogP contribution in [0.2, 0.25) is 0 Å². The van der Waals surface area contributed by atoms with Crippen LogP contribution in [0.15, 0.2) is 49.1 Å². The number of pyridine rings is 1. The molecule has 1 aliphatic heterocycles. The molecule has 5 nitrogen and oxygen atoms in total. The minimum absolute atomic E-state index is 0.560. The average Bonchev–Trinajstić information content (AvgIpc) is 3.08. The summed E-state index contributed by atoms with van der Waals surface area (Å²) in [5.74, 6) is 0.971. The number of hydrogen-bond acceptors (Lipinski definition) is 6. The molecule has 0 saturated carbocycles. The highest BCUT2D eigenvalue weighted by atomic mass is 32.1. The van der Waals surface area contributed by atoms with Gasteiger partial charge < -0.3 is 15.4 Å². The number of nitrogens with two attached hydrogens (primary N) is 1. The first-order valence-corrected chi connectivity index (χ1v) is 9.79. The summed E-state index contributed by atoms with van der Waals surface area (Å²) >= 11 is 1.49. The lowest BCUT2D eigenvalue weighted by molar-refractivity contribution is 0.122. The molecule has 0 spiro atoms. The van der Waals surface area contributed by atoms with Crippen LogP contribution in [-0.2, 0) is 4.74 Å². The molecule has 0 radical (unpaired) electrons. The quantitative estimate of drug-likeness (QED) is 0.683. The molecule has 3 aromatic rings. The van der Waals surface area contributed by atoms with E-state index in [1.807, 2.05) is 31.2 Å². The Morgan fingerprint density at radius 1 is 1.26 bits per heavy atom. The molecule has 0 atom stereocenters. The zero-order valence-electron chi connectivity index (χ0n) is 15.3. The first-order valence-electron chi connectivity index (χ1n) is 8.98. The number of thiazole rings is 1. The molecule has 1 aromatic carbocycles. The van der Waals surface area contributed by atoms with E-state index >= 15 is 0 Å². The summed E-state index contributed by atoms with van der Waals surface area (Å²) in [6.07, 6.45) is 3.98. The zero-order chi connectivity index (χ0) is 18.8. The number of nitrogen functional groups attached to an aromatic ring is 1. The predicted molar refractivity (Wildman–Crippen MR) is 114 cm³/mol. The van der Waals surface area contributed by atoms with Gasteiger partial charge in [-0.3, -0.25) is 0 Å². The Morgan fingerprint density at radius 2 is 2.07 bits per heavy atom. The molecule has 2 aromatic heterocycles. The van der Waals surface area contributed by atoms with Crippen molar-refractivity contribution in [3.05, 3.63) is 54.6 Å². The van der Waals surface area contributed by atoms with E-state index in [9.17, 15) is 0 Å². The maximum absolute atomic E-state index is 6.00. The molecule has 6 heteroatoms. The highest BCUT2D eigenvalue weighted by Crippen LogP contribution is 2.36. The molecular weight excluding hydrogens is 356 g/mol. The molecule has 0 amide bonds. The van der Waals surface area contributed by atoms with Crippen molar-refractivity contribution in [2.24, 2.45) is 0 Å². The summed E-state index contributed by atoms with van der Waals surface area (Å²) in [6, 6.07) is 10.3. The number of morpholine rings is 1. The van der Waals surface area contributed by atoms with Crippen LogP contribution in [0, 0.1) is 0 Å². The van der Waals surface area contributed by atoms with E-state index in [2.05, 4.69) is 34.7 Å². The largest absolute Gasteiger partial charge is 0.378 e. The van der Waals surface area contributed by atoms with Crippen LogP contribution in [0.25, 0.3) is 27.0 Å². The summed E-state index contributed by atoms with van der Waals surface area (Å²) < 4.78 is 6.51. The third-order valence-corrected chi connectivity index (χ3v) is 5.52. The highest BCUT2D eigenvalue weighted by Gasteiger charge is 2.16. The third-order valence-electron chi connectivity index (χ3n) is 4.59. The van der Waals surface area contributed by atoms with E-state index in [1.165, 1.54) is 11.3 Å². The summed E-state index contributed by atoms with van der Waals surface area (Å²) in [5, 5.41) is 0.560. The van der Waals surface area contributed by atoms with Gasteiger partial charge in [-0.05, 0) is 42.3 Å². The maximum Gasteiger partial charge on any atom is 0.181 e. The van der Waals surface area contributed by atoms with Crippen molar-refractivity contribution in [2.75, 3.05) is 36.9 Å². The van der Waals surface area contributed by atoms with Gasteiger partial charge in [-0.2, -0.15) is 0 Å². The van der Waals surface area contributed by atoms with E-state index in [0.717, 1.165) is 64.7 Å². The zero-order valence-corrected chi connectivity index (χ0v) is 16.1. The van der Waals surface area contributed by atoms with Gasteiger partial charge in [-0.25, -0.2) is 9.97 Å². The van der Waals surface area contributed by atoms with Crippen LogP contribution in [-0.4, -0.2) is 36.3 Å². The van der Waals surface area contributed by atoms with Crippen molar-refractivity contribution in [3.63, 3.8) is 0 Å². The molecule has 0 unspecified atom stereocenters. The molecule has 27 heavy (non-hydrogen) atoms. The lowest BCUT2D eigenvalue weighted by atomic mass is 10.0. The van der Waals surface area contributed by atoms with Crippen LogP contribution in [0.3, 0.4) is 0 Å². The standard InChI is InChI=1S/C21H22N4OS/c1-3-5-14(2)15-12-16(20-18(13-15)24-21(22)27-20)17-6-4-7-19(23-17)25-8-10-26-11-9-25/h3-7,12-13H,2,8-11H2,1H3,(H2,22,24)/b5-3-. The fourth-order valence-corrected chi connectivity index (χ4v) is 4.10. The van der Waals surface area contributed by atoms with E-state index in [1.54, 1.807) is 0 Å². The molecule has 3 heterocycles. The van der Waals surface area contributed by atoms with Crippen molar-refractivity contribution in [1.82, 2.24) is 9.97 Å². The van der Waals surface area contributed by atoms with Gasteiger partial charge in [0.2, 0.25) is 0 Å². The van der Waals surface area contributed by atoms with Crippen molar-refractivity contribution < 1.29 is 4.74 Å². The maximum atomic E-state index is 6.00. The van der Waals surface area contributed by atoms with Crippen molar-refractivity contribution in [2.45, 2.75) is 6.92 Å². The average molecular weight is 379 g/mol. The SMILES string of the molecule is C=C(/C=C\C)c1cc(-c2cccc(N3CCOCC3)n2)c2sc(N)nc2c1. The third kappa shape index (κ3) is 3.59. The Morgan fingerprint density at radius 3 is 2.85 bits per heavy atom. The number of aromatic nitrogens is 2. The van der Waals surface area contributed by atoms with Gasteiger partial charge in [0.1, 0.15) is 5.82 Å². The lowest BCUT2D eigenvalue weighted by Gasteiger charge is -2.28. The molecule has 1 saturated heterocycles.